The SMILES string of the molecule is CSc1c(F)c(C(F)(F)F)c(SOO[O-])c(F)c1C(F)(F)F. The van der Waals surface area contributed by atoms with E-state index in [1.54, 1.807) is 0 Å². The van der Waals surface area contributed by atoms with Crippen LogP contribution in [-0.4, -0.2) is 6.26 Å². The Balaban J connectivity index is 3.83. The van der Waals surface area contributed by atoms with Crippen LogP contribution in [0.25, 0.3) is 0 Å². The van der Waals surface area contributed by atoms with Crippen molar-refractivity contribution in [3.63, 3.8) is 0 Å². The zero-order valence-corrected chi connectivity index (χ0v) is 11.7. The quantitative estimate of drug-likeness (QED) is 0.262. The fourth-order valence-corrected chi connectivity index (χ4v) is 2.72. The van der Waals surface area contributed by atoms with Crippen molar-refractivity contribution in [2.24, 2.45) is 0 Å². The Morgan fingerprint density at radius 1 is 0.864 bits per heavy atom. The van der Waals surface area contributed by atoms with Crippen LogP contribution in [0, 0.1) is 11.6 Å². The maximum Gasteiger partial charge on any atom is 0.420 e. The molecule has 126 valence electrons. The van der Waals surface area contributed by atoms with Crippen molar-refractivity contribution in [1.82, 2.24) is 0 Å². The highest BCUT2D eigenvalue weighted by Gasteiger charge is 2.47. The lowest BCUT2D eigenvalue weighted by molar-refractivity contribution is -0.777. The smallest absolute Gasteiger partial charge is 0.420 e. The van der Waals surface area contributed by atoms with Gasteiger partial charge in [0.05, 0.1) is 21.8 Å². The van der Waals surface area contributed by atoms with Crippen molar-refractivity contribution >= 4 is 23.8 Å². The minimum atomic E-state index is -5.53. The number of halogens is 8. The summed E-state index contributed by atoms with van der Waals surface area (Å²) in [6.07, 6.45) is -10.2. The minimum absolute atomic E-state index is 0.0522. The number of hydrogen-bond acceptors (Lipinski definition) is 5. The van der Waals surface area contributed by atoms with E-state index in [1.807, 2.05) is 0 Å². The van der Waals surface area contributed by atoms with Crippen molar-refractivity contribution in [3.05, 3.63) is 22.8 Å². The van der Waals surface area contributed by atoms with Gasteiger partial charge in [0.25, 0.3) is 0 Å². The molecule has 0 fully saturated rings. The van der Waals surface area contributed by atoms with Crippen LogP contribution in [0.4, 0.5) is 35.1 Å². The molecule has 0 heterocycles. The Labute approximate surface area is 125 Å². The second kappa shape index (κ2) is 6.78. The van der Waals surface area contributed by atoms with E-state index in [2.05, 4.69) is 9.37 Å². The molecule has 0 radical (unpaired) electrons. The minimum Gasteiger partial charge on any atom is -0.691 e. The first-order valence-electron chi connectivity index (χ1n) is 4.83. The Morgan fingerprint density at radius 3 is 1.64 bits per heavy atom. The van der Waals surface area contributed by atoms with Gasteiger partial charge < -0.3 is 5.26 Å². The van der Waals surface area contributed by atoms with Crippen molar-refractivity contribution in [1.29, 1.82) is 0 Å². The molecule has 0 unspecified atom stereocenters. The Bertz CT molecular complexity index is 558. The summed E-state index contributed by atoms with van der Waals surface area (Å²) in [5.74, 6) is -4.75. The molecule has 1 aromatic rings. The Morgan fingerprint density at radius 2 is 1.27 bits per heavy atom. The lowest BCUT2D eigenvalue weighted by Crippen LogP contribution is -2.19. The molecule has 0 saturated heterocycles. The topological polar surface area (TPSA) is 41.5 Å². The fraction of sp³-hybridized carbons (Fsp3) is 0.333. The summed E-state index contributed by atoms with van der Waals surface area (Å²) >= 11 is -0.867. The van der Waals surface area contributed by atoms with E-state index in [9.17, 15) is 40.4 Å². The standard InChI is InChI=1S/C9H4F8O3S2/c1-21-6-2(8(12,13)14)5(11)7(22-20-19-18)3(4(6)10)9(15,16)17/h18H,1H3/p-1. The zero-order valence-electron chi connectivity index (χ0n) is 10.1. The molecule has 0 spiro atoms. The third kappa shape index (κ3) is 3.76. The van der Waals surface area contributed by atoms with Gasteiger partial charge in [0.2, 0.25) is 0 Å². The molecule has 0 bridgehead atoms. The first-order chi connectivity index (χ1) is 9.96. The van der Waals surface area contributed by atoms with Crippen molar-refractivity contribution in [3.8, 4) is 0 Å². The molecule has 0 atom stereocenters. The Kier molecular flexibility index (Phi) is 5.94. The largest absolute Gasteiger partial charge is 0.691 e. The van der Waals surface area contributed by atoms with E-state index < -0.39 is 56.9 Å². The first-order valence-corrected chi connectivity index (χ1v) is 6.79. The summed E-state index contributed by atoms with van der Waals surface area (Å²) < 4.78 is 108. The van der Waals surface area contributed by atoms with Gasteiger partial charge >= 0.3 is 12.4 Å². The molecule has 13 heteroatoms. The maximum atomic E-state index is 13.9. The van der Waals surface area contributed by atoms with Gasteiger partial charge in [-0.05, 0) is 6.26 Å². The third-order valence-corrected chi connectivity index (χ3v) is 3.67. The second-order valence-electron chi connectivity index (χ2n) is 3.46. The molecular formula is C9H3F8O3S2-. The van der Waals surface area contributed by atoms with Gasteiger partial charge in [0.15, 0.2) is 11.6 Å². The maximum absolute atomic E-state index is 13.9. The summed E-state index contributed by atoms with van der Waals surface area (Å²) in [6.45, 7) is 0. The summed E-state index contributed by atoms with van der Waals surface area (Å²) in [7, 11) is 0. The fourth-order valence-electron chi connectivity index (χ4n) is 1.47. The molecule has 22 heavy (non-hydrogen) atoms. The molecule has 0 aliphatic carbocycles. The van der Waals surface area contributed by atoms with Crippen LogP contribution < -0.4 is 5.26 Å². The van der Waals surface area contributed by atoms with E-state index in [1.165, 1.54) is 0 Å². The van der Waals surface area contributed by atoms with Gasteiger partial charge in [0.1, 0.15) is 11.1 Å². The number of thioether (sulfide) groups is 1. The zero-order chi connectivity index (χ0) is 17.3. The van der Waals surface area contributed by atoms with Crippen LogP contribution in [0.15, 0.2) is 9.79 Å². The van der Waals surface area contributed by atoms with Gasteiger partial charge in [-0.1, -0.05) is 0 Å². The summed E-state index contributed by atoms with van der Waals surface area (Å²) in [6, 6.07) is 0. The van der Waals surface area contributed by atoms with Crippen LogP contribution in [0.2, 0.25) is 0 Å². The van der Waals surface area contributed by atoms with E-state index in [0.717, 1.165) is 6.26 Å². The van der Waals surface area contributed by atoms with Crippen LogP contribution in [0.5, 0.6) is 0 Å². The van der Waals surface area contributed by atoms with Crippen LogP contribution in [0.1, 0.15) is 11.1 Å². The van der Waals surface area contributed by atoms with Gasteiger partial charge in [-0.2, -0.15) is 30.7 Å². The lowest BCUT2D eigenvalue weighted by atomic mass is 10.1. The average Bonchev–Trinajstić information content (AvgIpc) is 2.35. The summed E-state index contributed by atoms with van der Waals surface area (Å²) in [5.41, 5.74) is -4.56. The summed E-state index contributed by atoms with van der Waals surface area (Å²) in [4.78, 5) is -3.46. The molecule has 1 aromatic carbocycles. The van der Waals surface area contributed by atoms with Gasteiger partial charge in [0, 0.05) is 0 Å². The lowest BCUT2D eigenvalue weighted by Gasteiger charge is -2.20. The number of alkyl halides is 6. The normalized spacial score (nSPS) is 12.8. The Hall–Kier alpha value is -0.760. The molecule has 0 aromatic heterocycles. The predicted molar refractivity (Wildman–Crippen MR) is 56.2 cm³/mol. The van der Waals surface area contributed by atoms with Crippen LogP contribution in [-0.2, 0) is 21.7 Å². The van der Waals surface area contributed by atoms with Crippen LogP contribution in [0.3, 0.4) is 0 Å². The average molecular weight is 375 g/mol. The predicted octanol–water partition coefficient (Wildman–Crippen LogP) is 3.95. The molecule has 0 saturated carbocycles. The molecule has 0 amide bonds. The number of hydrogen-bond donors (Lipinski definition) is 0. The molecule has 3 nitrogen and oxygen atoms in total. The summed E-state index contributed by atoms with van der Waals surface area (Å²) in [5, 5.41) is 12.3. The van der Waals surface area contributed by atoms with E-state index in [4.69, 9.17) is 0 Å². The number of rotatable bonds is 4. The first kappa shape index (κ1) is 19.3. The molecule has 1 rings (SSSR count). The second-order valence-corrected chi connectivity index (χ2v) is 4.98. The van der Waals surface area contributed by atoms with Crippen molar-refractivity contribution < 1.29 is 49.8 Å². The molecule has 0 aliphatic heterocycles. The van der Waals surface area contributed by atoms with Crippen molar-refractivity contribution in [2.75, 3.05) is 6.26 Å². The van der Waals surface area contributed by atoms with Gasteiger partial charge in [-0.15, -0.1) is 11.8 Å². The molecular weight excluding hydrogens is 372 g/mol. The highest BCUT2D eigenvalue weighted by molar-refractivity contribution is 7.98. The van der Waals surface area contributed by atoms with Crippen molar-refractivity contribution in [2.45, 2.75) is 22.1 Å². The van der Waals surface area contributed by atoms with Gasteiger partial charge in [-0.25, -0.2) is 8.78 Å². The molecule has 0 aliphatic rings. The monoisotopic (exact) mass is 375 g/mol. The molecule has 0 N–H and O–H groups in total. The highest BCUT2D eigenvalue weighted by atomic mass is 32.2. The number of benzene rings is 1. The van der Waals surface area contributed by atoms with E-state index in [-0.39, 0.29) is 11.8 Å². The van der Waals surface area contributed by atoms with E-state index in [0.29, 0.717) is 0 Å². The van der Waals surface area contributed by atoms with Gasteiger partial charge in [-0.3, -0.25) is 5.04 Å². The van der Waals surface area contributed by atoms with Crippen LogP contribution >= 0.6 is 23.8 Å². The van der Waals surface area contributed by atoms with E-state index >= 15 is 0 Å². The highest BCUT2D eigenvalue weighted by Crippen LogP contribution is 2.48. The third-order valence-electron chi connectivity index (χ3n) is 2.21.